The smallest absolute Gasteiger partial charge is 0.351 e. The van der Waals surface area contributed by atoms with Crippen molar-refractivity contribution in [3.63, 3.8) is 0 Å². The van der Waals surface area contributed by atoms with Crippen LogP contribution in [0.3, 0.4) is 0 Å². The lowest BCUT2D eigenvalue weighted by molar-refractivity contribution is -0.146. The number of thioether (sulfide) groups is 1. The van der Waals surface area contributed by atoms with Crippen LogP contribution in [0.25, 0.3) is 0 Å². The van der Waals surface area contributed by atoms with E-state index in [-0.39, 0.29) is 22.1 Å². The van der Waals surface area contributed by atoms with Gasteiger partial charge < -0.3 is 11.2 Å². The van der Waals surface area contributed by atoms with E-state index in [4.69, 9.17) is 5.84 Å². The van der Waals surface area contributed by atoms with Crippen molar-refractivity contribution in [1.29, 1.82) is 0 Å². The van der Waals surface area contributed by atoms with Gasteiger partial charge in [-0.1, -0.05) is 23.9 Å². The van der Waals surface area contributed by atoms with Crippen LogP contribution in [0.1, 0.15) is 11.4 Å². The number of carbonyl (C=O) groups is 1. The van der Waals surface area contributed by atoms with Gasteiger partial charge in [-0.05, 0) is 17.7 Å². The number of alkyl halides is 3. The first-order valence-electron chi connectivity index (χ1n) is 6.19. The molecular weight excluding hydrogens is 338 g/mol. The fourth-order valence-corrected chi connectivity index (χ4v) is 2.24. The van der Waals surface area contributed by atoms with Gasteiger partial charge in [0, 0.05) is 6.54 Å². The molecule has 1 heterocycles. The van der Waals surface area contributed by atoms with Gasteiger partial charge in [0.05, 0.1) is 5.75 Å². The zero-order valence-corrected chi connectivity index (χ0v) is 12.3. The van der Waals surface area contributed by atoms with Crippen LogP contribution in [0.15, 0.2) is 29.4 Å². The van der Waals surface area contributed by atoms with Gasteiger partial charge in [0.1, 0.15) is 5.82 Å². The molecule has 0 aliphatic heterocycles. The molecule has 1 aromatic carbocycles. The summed E-state index contributed by atoms with van der Waals surface area (Å²) in [6.45, 7) is 0.169. The minimum atomic E-state index is -4.72. The average molecular weight is 349 g/mol. The van der Waals surface area contributed by atoms with Crippen molar-refractivity contribution in [3.05, 3.63) is 41.5 Å². The highest BCUT2D eigenvalue weighted by Crippen LogP contribution is 2.28. The maximum atomic E-state index is 12.7. The number of nitrogens with zero attached hydrogens (tertiary/aromatic N) is 3. The molecule has 0 saturated heterocycles. The molecule has 124 valence electrons. The molecule has 0 saturated carbocycles. The standard InChI is InChI=1S/C12H11F4N5OS/c13-8-3-1-7(2-4-8)5-18-9(22)6-23-11-20-19-10(21(11)17)12(14,15)16/h1-4H,5-6,17H2,(H,18,22). The monoisotopic (exact) mass is 349 g/mol. The summed E-state index contributed by atoms with van der Waals surface area (Å²) in [5.41, 5.74) is 0.686. The number of benzene rings is 1. The molecule has 1 aromatic heterocycles. The molecule has 3 N–H and O–H groups in total. The highest BCUT2D eigenvalue weighted by Gasteiger charge is 2.38. The number of halogens is 4. The molecule has 0 aliphatic rings. The summed E-state index contributed by atoms with van der Waals surface area (Å²) in [6, 6.07) is 5.53. The Kier molecular flexibility index (Phi) is 5.08. The van der Waals surface area contributed by atoms with Crippen LogP contribution in [0, 0.1) is 5.82 Å². The summed E-state index contributed by atoms with van der Waals surface area (Å²) in [4.78, 5) is 11.6. The highest BCUT2D eigenvalue weighted by atomic mass is 32.2. The molecule has 0 fully saturated rings. The normalized spacial score (nSPS) is 11.5. The largest absolute Gasteiger partial charge is 0.453 e. The van der Waals surface area contributed by atoms with E-state index < -0.39 is 23.7 Å². The Morgan fingerprint density at radius 2 is 1.91 bits per heavy atom. The third-order valence-corrected chi connectivity index (χ3v) is 3.60. The van der Waals surface area contributed by atoms with E-state index in [1.807, 2.05) is 0 Å². The lowest BCUT2D eigenvalue weighted by atomic mass is 10.2. The van der Waals surface area contributed by atoms with Gasteiger partial charge in [-0.25, -0.2) is 9.07 Å². The van der Waals surface area contributed by atoms with Crippen LogP contribution in [-0.4, -0.2) is 26.5 Å². The molecule has 0 aliphatic carbocycles. The van der Waals surface area contributed by atoms with E-state index in [1.54, 1.807) is 0 Å². The first-order valence-corrected chi connectivity index (χ1v) is 7.17. The first kappa shape index (κ1) is 17.1. The number of nitrogens with two attached hydrogens (primary N) is 1. The van der Waals surface area contributed by atoms with E-state index in [9.17, 15) is 22.4 Å². The van der Waals surface area contributed by atoms with Crippen LogP contribution in [0.2, 0.25) is 0 Å². The molecule has 0 spiro atoms. The quantitative estimate of drug-likeness (QED) is 0.486. The Bertz CT molecular complexity index is 686. The van der Waals surface area contributed by atoms with Crippen LogP contribution in [0.5, 0.6) is 0 Å². The van der Waals surface area contributed by atoms with Crippen LogP contribution >= 0.6 is 11.8 Å². The molecule has 11 heteroatoms. The number of nitrogens with one attached hydrogen (secondary N) is 1. The maximum Gasteiger partial charge on any atom is 0.453 e. The van der Waals surface area contributed by atoms with Crippen molar-refractivity contribution >= 4 is 17.7 Å². The highest BCUT2D eigenvalue weighted by molar-refractivity contribution is 7.99. The molecule has 0 atom stereocenters. The number of amides is 1. The summed E-state index contributed by atoms with van der Waals surface area (Å²) >= 11 is 0.722. The average Bonchev–Trinajstić information content (AvgIpc) is 2.85. The molecule has 6 nitrogen and oxygen atoms in total. The van der Waals surface area contributed by atoms with Gasteiger partial charge in [-0.15, -0.1) is 10.2 Å². The van der Waals surface area contributed by atoms with Gasteiger partial charge in [0.25, 0.3) is 5.82 Å². The lowest BCUT2D eigenvalue weighted by Crippen LogP contribution is -2.25. The summed E-state index contributed by atoms with van der Waals surface area (Å²) in [6.07, 6.45) is -4.72. The lowest BCUT2D eigenvalue weighted by Gasteiger charge is -2.07. The SMILES string of the molecule is Nn1c(SCC(=O)NCc2ccc(F)cc2)nnc1C(F)(F)F. The summed E-state index contributed by atoms with van der Waals surface area (Å²) in [7, 11) is 0. The topological polar surface area (TPSA) is 85.8 Å². The Balaban J connectivity index is 1.85. The summed E-state index contributed by atoms with van der Waals surface area (Å²) < 4.78 is 50.4. The fourth-order valence-electron chi connectivity index (χ4n) is 1.55. The molecular formula is C12H11F4N5OS. The van der Waals surface area contributed by atoms with Gasteiger partial charge in [-0.3, -0.25) is 4.79 Å². The van der Waals surface area contributed by atoms with Crippen LogP contribution in [-0.2, 0) is 17.5 Å². The number of aromatic nitrogens is 3. The molecule has 1 amide bonds. The van der Waals surface area contributed by atoms with E-state index in [0.717, 1.165) is 11.8 Å². The van der Waals surface area contributed by atoms with E-state index >= 15 is 0 Å². The number of carbonyl (C=O) groups excluding carboxylic acids is 1. The molecule has 0 unspecified atom stereocenters. The molecule has 0 bridgehead atoms. The Labute approximate surface area is 132 Å². The Morgan fingerprint density at radius 3 is 2.48 bits per heavy atom. The minimum Gasteiger partial charge on any atom is -0.351 e. The number of rotatable bonds is 5. The number of hydrogen-bond acceptors (Lipinski definition) is 5. The van der Waals surface area contributed by atoms with Crippen molar-refractivity contribution in [2.75, 3.05) is 11.6 Å². The van der Waals surface area contributed by atoms with Gasteiger partial charge in [0.2, 0.25) is 11.1 Å². The van der Waals surface area contributed by atoms with Crippen molar-refractivity contribution in [2.24, 2.45) is 0 Å². The van der Waals surface area contributed by atoms with E-state index in [1.165, 1.54) is 24.3 Å². The van der Waals surface area contributed by atoms with E-state index in [0.29, 0.717) is 5.56 Å². The summed E-state index contributed by atoms with van der Waals surface area (Å²) in [5, 5.41) is 8.55. The third kappa shape index (κ3) is 4.58. The fraction of sp³-hybridized carbons (Fsp3) is 0.250. The second-order valence-electron chi connectivity index (χ2n) is 4.37. The van der Waals surface area contributed by atoms with E-state index in [2.05, 4.69) is 15.5 Å². The number of hydrogen-bond donors (Lipinski definition) is 2. The van der Waals surface area contributed by atoms with Crippen LogP contribution in [0.4, 0.5) is 17.6 Å². The second kappa shape index (κ2) is 6.86. The van der Waals surface area contributed by atoms with Crippen molar-refractivity contribution in [1.82, 2.24) is 20.2 Å². The van der Waals surface area contributed by atoms with Crippen LogP contribution < -0.4 is 11.2 Å². The zero-order chi connectivity index (χ0) is 17.0. The zero-order valence-electron chi connectivity index (χ0n) is 11.5. The molecule has 23 heavy (non-hydrogen) atoms. The Morgan fingerprint density at radius 1 is 1.26 bits per heavy atom. The molecule has 0 radical (unpaired) electrons. The Hall–Kier alpha value is -2.30. The van der Waals surface area contributed by atoms with Crippen molar-refractivity contribution < 1.29 is 22.4 Å². The molecule has 2 aromatic rings. The van der Waals surface area contributed by atoms with Crippen molar-refractivity contribution in [3.8, 4) is 0 Å². The van der Waals surface area contributed by atoms with Gasteiger partial charge in [0.15, 0.2) is 0 Å². The third-order valence-electron chi connectivity index (χ3n) is 2.65. The molecule has 2 rings (SSSR count). The maximum absolute atomic E-state index is 12.7. The first-order chi connectivity index (χ1) is 10.8. The summed E-state index contributed by atoms with van der Waals surface area (Å²) in [5.74, 6) is 2.89. The number of nitrogen functional groups attached to an aromatic ring is 1. The van der Waals surface area contributed by atoms with Crippen molar-refractivity contribution in [2.45, 2.75) is 17.9 Å². The van der Waals surface area contributed by atoms with Gasteiger partial charge >= 0.3 is 6.18 Å². The predicted octanol–water partition coefficient (Wildman–Crippen LogP) is 1.56. The predicted molar refractivity (Wildman–Crippen MR) is 74.1 cm³/mol. The van der Waals surface area contributed by atoms with Gasteiger partial charge in [-0.2, -0.15) is 13.2 Å². The minimum absolute atomic E-state index is 0.169. The second-order valence-corrected chi connectivity index (χ2v) is 5.31.